The Hall–Kier alpha value is -0.560. The summed E-state index contributed by atoms with van der Waals surface area (Å²) in [6, 6.07) is 6.82. The third-order valence-corrected chi connectivity index (χ3v) is 7.09. The van der Waals surface area contributed by atoms with Gasteiger partial charge in [-0.3, -0.25) is 0 Å². The first kappa shape index (κ1) is 16.8. The van der Waals surface area contributed by atoms with Gasteiger partial charge in [0.25, 0.3) is 0 Å². The molecule has 0 amide bonds. The Morgan fingerprint density at radius 3 is 2.71 bits per heavy atom. The SMILES string of the molecule is CC(N)c1cccc(S(=O)(=O)N2CCSC(C)(C)CC2)c1. The van der Waals surface area contributed by atoms with E-state index >= 15 is 0 Å². The zero-order valence-electron chi connectivity index (χ0n) is 12.9. The summed E-state index contributed by atoms with van der Waals surface area (Å²) in [4.78, 5) is 0.349. The molecule has 0 aliphatic carbocycles. The molecule has 1 aliphatic rings. The fourth-order valence-electron chi connectivity index (χ4n) is 2.35. The second-order valence-electron chi connectivity index (χ2n) is 6.12. The number of rotatable bonds is 3. The van der Waals surface area contributed by atoms with Crippen LogP contribution in [0.4, 0.5) is 0 Å². The predicted molar refractivity (Wildman–Crippen MR) is 89.0 cm³/mol. The molecule has 0 spiro atoms. The largest absolute Gasteiger partial charge is 0.324 e. The van der Waals surface area contributed by atoms with Gasteiger partial charge in [0.2, 0.25) is 10.0 Å². The van der Waals surface area contributed by atoms with Gasteiger partial charge in [-0.05, 0) is 31.0 Å². The van der Waals surface area contributed by atoms with Gasteiger partial charge in [-0.15, -0.1) is 0 Å². The highest BCUT2D eigenvalue weighted by Crippen LogP contribution is 2.32. The topological polar surface area (TPSA) is 63.4 Å². The Kier molecular flexibility index (Phi) is 5.03. The summed E-state index contributed by atoms with van der Waals surface area (Å²) in [7, 11) is -3.43. The van der Waals surface area contributed by atoms with E-state index in [1.807, 2.05) is 24.8 Å². The molecule has 2 N–H and O–H groups in total. The number of hydrogen-bond acceptors (Lipinski definition) is 4. The Bertz CT molecular complexity index is 597. The maximum Gasteiger partial charge on any atom is 0.243 e. The van der Waals surface area contributed by atoms with Crippen molar-refractivity contribution in [3.63, 3.8) is 0 Å². The molecule has 1 aromatic rings. The average molecular weight is 329 g/mol. The monoisotopic (exact) mass is 328 g/mol. The van der Waals surface area contributed by atoms with Crippen LogP contribution in [0.15, 0.2) is 29.2 Å². The maximum atomic E-state index is 12.8. The van der Waals surface area contributed by atoms with Crippen molar-refractivity contribution in [3.8, 4) is 0 Å². The first-order valence-corrected chi connectivity index (χ1v) is 9.65. The van der Waals surface area contributed by atoms with Gasteiger partial charge in [-0.2, -0.15) is 16.1 Å². The molecule has 1 aliphatic heterocycles. The summed E-state index contributed by atoms with van der Waals surface area (Å²) in [5.74, 6) is 0.833. The highest BCUT2D eigenvalue weighted by atomic mass is 32.2. The molecule has 4 nitrogen and oxygen atoms in total. The van der Waals surface area contributed by atoms with Crippen molar-refractivity contribution >= 4 is 21.8 Å². The lowest BCUT2D eigenvalue weighted by molar-refractivity contribution is 0.415. The molecule has 21 heavy (non-hydrogen) atoms. The van der Waals surface area contributed by atoms with Crippen LogP contribution in [0.25, 0.3) is 0 Å². The van der Waals surface area contributed by atoms with E-state index in [-0.39, 0.29) is 10.8 Å². The van der Waals surface area contributed by atoms with Gasteiger partial charge >= 0.3 is 0 Å². The third kappa shape index (κ3) is 4.00. The second-order valence-corrected chi connectivity index (χ2v) is 9.86. The minimum absolute atomic E-state index is 0.137. The number of thioether (sulfide) groups is 1. The molecule has 2 rings (SSSR count). The van der Waals surface area contributed by atoms with Crippen molar-refractivity contribution in [3.05, 3.63) is 29.8 Å². The van der Waals surface area contributed by atoms with Crippen molar-refractivity contribution in [2.45, 2.75) is 42.9 Å². The third-order valence-electron chi connectivity index (χ3n) is 3.82. The molecule has 1 atom stereocenters. The van der Waals surface area contributed by atoms with Gasteiger partial charge in [0.05, 0.1) is 4.90 Å². The van der Waals surface area contributed by atoms with Crippen molar-refractivity contribution in [2.24, 2.45) is 5.73 Å². The molecule has 1 fully saturated rings. The van der Waals surface area contributed by atoms with Crippen LogP contribution in [0.1, 0.15) is 38.8 Å². The summed E-state index contributed by atoms with van der Waals surface area (Å²) >= 11 is 1.84. The summed E-state index contributed by atoms with van der Waals surface area (Å²) in [5.41, 5.74) is 6.70. The molecule has 0 saturated carbocycles. The van der Waals surface area contributed by atoms with Crippen LogP contribution in [0.5, 0.6) is 0 Å². The summed E-state index contributed by atoms with van der Waals surface area (Å²) in [6.07, 6.45) is 0.865. The quantitative estimate of drug-likeness (QED) is 0.926. The lowest BCUT2D eigenvalue weighted by Gasteiger charge is -2.22. The van der Waals surface area contributed by atoms with E-state index in [2.05, 4.69) is 13.8 Å². The molecular formula is C15H24N2O2S2. The summed E-state index contributed by atoms with van der Waals surface area (Å²) < 4.78 is 27.3. The Morgan fingerprint density at radius 2 is 2.05 bits per heavy atom. The number of nitrogens with two attached hydrogens (primary N) is 1. The van der Waals surface area contributed by atoms with Gasteiger partial charge in [0.1, 0.15) is 0 Å². The van der Waals surface area contributed by atoms with E-state index in [1.54, 1.807) is 22.5 Å². The molecule has 1 unspecified atom stereocenters. The zero-order chi connectivity index (χ0) is 15.7. The standard InChI is InChI=1S/C15H24N2O2S2/c1-12(16)13-5-4-6-14(11-13)21(18,19)17-8-7-15(2,3)20-10-9-17/h4-6,11-12H,7-10,16H2,1-3H3. The minimum atomic E-state index is -3.43. The van der Waals surface area contributed by atoms with Gasteiger partial charge < -0.3 is 5.73 Å². The first-order valence-electron chi connectivity index (χ1n) is 7.22. The minimum Gasteiger partial charge on any atom is -0.324 e. The first-order chi connectivity index (χ1) is 9.72. The van der Waals surface area contributed by atoms with Gasteiger partial charge in [-0.1, -0.05) is 26.0 Å². The van der Waals surface area contributed by atoms with Crippen molar-refractivity contribution in [1.29, 1.82) is 0 Å². The van der Waals surface area contributed by atoms with E-state index < -0.39 is 10.0 Å². The lowest BCUT2D eigenvalue weighted by atomic mass is 10.1. The predicted octanol–water partition coefficient (Wildman–Crippen LogP) is 2.61. The Labute approximate surface area is 132 Å². The fourth-order valence-corrected chi connectivity index (χ4v) is 5.06. The van der Waals surface area contributed by atoms with Crippen molar-refractivity contribution in [1.82, 2.24) is 4.31 Å². The normalized spacial score (nSPS) is 21.7. The molecule has 0 aromatic heterocycles. The van der Waals surface area contributed by atoms with E-state index in [0.29, 0.717) is 18.0 Å². The molecule has 118 valence electrons. The molecular weight excluding hydrogens is 304 g/mol. The van der Waals surface area contributed by atoms with Gasteiger partial charge in [-0.25, -0.2) is 8.42 Å². The van der Waals surface area contributed by atoms with Crippen LogP contribution < -0.4 is 5.73 Å². The van der Waals surface area contributed by atoms with Crippen molar-refractivity contribution < 1.29 is 8.42 Å². The molecule has 1 aromatic carbocycles. The van der Waals surface area contributed by atoms with E-state index in [4.69, 9.17) is 5.73 Å². The molecule has 0 radical (unpaired) electrons. The number of benzene rings is 1. The number of nitrogens with zero attached hydrogens (tertiary/aromatic N) is 1. The van der Waals surface area contributed by atoms with Crippen LogP contribution in [0.3, 0.4) is 0 Å². The molecule has 1 heterocycles. The van der Waals surface area contributed by atoms with Crippen LogP contribution in [-0.2, 0) is 10.0 Å². The highest BCUT2D eigenvalue weighted by Gasteiger charge is 2.30. The highest BCUT2D eigenvalue weighted by molar-refractivity contribution is 8.00. The van der Waals surface area contributed by atoms with Crippen LogP contribution in [-0.4, -0.2) is 36.3 Å². The summed E-state index contributed by atoms with van der Waals surface area (Å²) in [5, 5.41) is 0. The van der Waals surface area contributed by atoms with E-state index in [0.717, 1.165) is 17.7 Å². The molecule has 1 saturated heterocycles. The fraction of sp³-hybridized carbons (Fsp3) is 0.600. The zero-order valence-corrected chi connectivity index (χ0v) is 14.5. The van der Waals surface area contributed by atoms with Crippen molar-refractivity contribution in [2.75, 3.05) is 18.8 Å². The number of sulfonamides is 1. The Morgan fingerprint density at radius 1 is 1.33 bits per heavy atom. The van der Waals surface area contributed by atoms with Gasteiger partial charge in [0.15, 0.2) is 0 Å². The van der Waals surface area contributed by atoms with Gasteiger partial charge in [0, 0.05) is 29.6 Å². The van der Waals surface area contributed by atoms with Crippen LogP contribution in [0, 0.1) is 0 Å². The maximum absolute atomic E-state index is 12.8. The average Bonchev–Trinajstić information content (AvgIpc) is 2.60. The molecule has 0 bridgehead atoms. The lowest BCUT2D eigenvalue weighted by Crippen LogP contribution is -2.33. The van der Waals surface area contributed by atoms with E-state index in [9.17, 15) is 8.42 Å². The molecule has 6 heteroatoms. The number of hydrogen-bond donors (Lipinski definition) is 1. The smallest absolute Gasteiger partial charge is 0.243 e. The van der Waals surface area contributed by atoms with E-state index in [1.165, 1.54) is 0 Å². The summed E-state index contributed by atoms with van der Waals surface area (Å²) in [6.45, 7) is 7.34. The van der Waals surface area contributed by atoms with Crippen LogP contribution >= 0.6 is 11.8 Å². The van der Waals surface area contributed by atoms with Crippen LogP contribution in [0.2, 0.25) is 0 Å². The second kappa shape index (κ2) is 6.28. The Balaban J connectivity index is 2.27.